The zero-order chi connectivity index (χ0) is 14.6. The van der Waals surface area contributed by atoms with Gasteiger partial charge in [-0.3, -0.25) is 4.79 Å². The molecule has 0 unspecified atom stereocenters. The SMILES string of the molecule is COc1cc2c(=O)n3c4c(cccc4c2cc1OC)CC3. The number of para-hydroxylation sites is 1. The molecule has 4 rings (SSSR count). The zero-order valence-electron chi connectivity index (χ0n) is 12.0. The molecule has 106 valence electrons. The van der Waals surface area contributed by atoms with Crippen LogP contribution in [0, 0.1) is 0 Å². The molecule has 1 aliphatic heterocycles. The average molecular weight is 281 g/mol. The van der Waals surface area contributed by atoms with Gasteiger partial charge in [0.25, 0.3) is 5.56 Å². The van der Waals surface area contributed by atoms with Crippen LogP contribution < -0.4 is 15.0 Å². The minimum absolute atomic E-state index is 0.0448. The maximum Gasteiger partial charge on any atom is 0.259 e. The summed E-state index contributed by atoms with van der Waals surface area (Å²) in [6.07, 6.45) is 0.914. The van der Waals surface area contributed by atoms with Gasteiger partial charge in [-0.05, 0) is 24.1 Å². The minimum Gasteiger partial charge on any atom is -0.493 e. The maximum absolute atomic E-state index is 12.7. The molecule has 0 N–H and O–H groups in total. The first kappa shape index (κ1) is 12.3. The molecule has 0 saturated heterocycles. The fraction of sp³-hybridized carbons (Fsp3) is 0.235. The van der Waals surface area contributed by atoms with E-state index in [0.717, 1.165) is 29.3 Å². The maximum atomic E-state index is 12.7. The van der Waals surface area contributed by atoms with Gasteiger partial charge in [-0.2, -0.15) is 0 Å². The summed E-state index contributed by atoms with van der Waals surface area (Å²) in [7, 11) is 3.19. The van der Waals surface area contributed by atoms with Gasteiger partial charge in [-0.15, -0.1) is 0 Å². The molecule has 0 radical (unpaired) electrons. The number of benzene rings is 2. The van der Waals surface area contributed by atoms with Crippen molar-refractivity contribution in [3.8, 4) is 11.5 Å². The number of aromatic nitrogens is 1. The highest BCUT2D eigenvalue weighted by Gasteiger charge is 2.20. The molecule has 0 saturated carbocycles. The Kier molecular flexibility index (Phi) is 2.48. The Labute approximate surface area is 121 Å². The van der Waals surface area contributed by atoms with Crippen LogP contribution in [0.5, 0.6) is 11.5 Å². The summed E-state index contributed by atoms with van der Waals surface area (Å²) in [6, 6.07) is 9.89. The summed E-state index contributed by atoms with van der Waals surface area (Å²) < 4.78 is 12.6. The number of pyridine rings is 1. The third-order valence-corrected chi connectivity index (χ3v) is 4.28. The van der Waals surface area contributed by atoms with Gasteiger partial charge in [0.1, 0.15) is 0 Å². The van der Waals surface area contributed by atoms with Crippen molar-refractivity contribution in [1.29, 1.82) is 0 Å². The number of fused-ring (bicyclic) bond motifs is 2. The monoisotopic (exact) mass is 281 g/mol. The predicted octanol–water partition coefficient (Wildman–Crippen LogP) is 2.73. The van der Waals surface area contributed by atoms with Gasteiger partial charge >= 0.3 is 0 Å². The van der Waals surface area contributed by atoms with Crippen LogP contribution in [0.4, 0.5) is 0 Å². The molecule has 21 heavy (non-hydrogen) atoms. The van der Waals surface area contributed by atoms with E-state index in [1.807, 2.05) is 16.7 Å². The first-order valence-electron chi connectivity index (χ1n) is 6.94. The Hall–Kier alpha value is -2.49. The second-order valence-electron chi connectivity index (χ2n) is 5.27. The van der Waals surface area contributed by atoms with Crippen LogP contribution in [-0.4, -0.2) is 18.8 Å². The van der Waals surface area contributed by atoms with E-state index in [1.165, 1.54) is 5.56 Å². The molecule has 1 aliphatic rings. The summed E-state index contributed by atoms with van der Waals surface area (Å²) in [4.78, 5) is 12.7. The Balaban J connectivity index is 2.27. The summed E-state index contributed by atoms with van der Waals surface area (Å²) >= 11 is 0. The van der Waals surface area contributed by atoms with E-state index in [0.29, 0.717) is 16.9 Å². The Morgan fingerprint density at radius 2 is 1.71 bits per heavy atom. The van der Waals surface area contributed by atoms with Crippen molar-refractivity contribution in [3.05, 3.63) is 46.2 Å². The second kappa shape index (κ2) is 4.25. The molecular formula is C17H15NO3. The van der Waals surface area contributed by atoms with Crippen LogP contribution >= 0.6 is 0 Å². The Bertz CT molecular complexity index is 940. The first-order chi connectivity index (χ1) is 10.2. The molecule has 0 atom stereocenters. The summed E-state index contributed by atoms with van der Waals surface area (Å²) in [6.45, 7) is 0.749. The van der Waals surface area contributed by atoms with E-state index in [9.17, 15) is 4.79 Å². The summed E-state index contributed by atoms with van der Waals surface area (Å²) in [5.74, 6) is 1.23. The molecule has 0 aliphatic carbocycles. The standard InChI is InChI=1S/C17H15NO3/c1-20-14-8-12-11-5-3-4-10-6-7-18(16(10)11)17(19)13(12)9-15(14)21-2/h3-5,8-9H,6-7H2,1-2H3. The molecule has 0 fully saturated rings. The van der Waals surface area contributed by atoms with Crippen molar-refractivity contribution in [2.45, 2.75) is 13.0 Å². The molecule has 2 aromatic carbocycles. The van der Waals surface area contributed by atoms with Gasteiger partial charge in [-0.1, -0.05) is 18.2 Å². The van der Waals surface area contributed by atoms with Crippen LogP contribution in [0.3, 0.4) is 0 Å². The number of ether oxygens (including phenoxy) is 2. The normalized spacial score (nSPS) is 13.0. The fourth-order valence-electron chi connectivity index (χ4n) is 3.30. The van der Waals surface area contributed by atoms with Gasteiger partial charge in [-0.25, -0.2) is 0 Å². The lowest BCUT2D eigenvalue weighted by molar-refractivity contribution is 0.356. The van der Waals surface area contributed by atoms with Gasteiger partial charge in [0, 0.05) is 17.3 Å². The number of methoxy groups -OCH3 is 2. The third kappa shape index (κ3) is 1.53. The molecule has 2 heterocycles. The molecule has 0 spiro atoms. The molecule has 0 bridgehead atoms. The molecule has 0 amide bonds. The van der Waals surface area contributed by atoms with Crippen molar-refractivity contribution < 1.29 is 9.47 Å². The molecular weight excluding hydrogens is 266 g/mol. The topological polar surface area (TPSA) is 40.5 Å². The highest BCUT2D eigenvalue weighted by Crippen LogP contribution is 2.36. The number of hydrogen-bond acceptors (Lipinski definition) is 3. The van der Waals surface area contributed by atoms with Crippen molar-refractivity contribution >= 4 is 21.7 Å². The lowest BCUT2D eigenvalue weighted by atomic mass is 10.0. The minimum atomic E-state index is 0.0448. The Morgan fingerprint density at radius 3 is 2.43 bits per heavy atom. The predicted molar refractivity (Wildman–Crippen MR) is 82.5 cm³/mol. The number of rotatable bonds is 2. The zero-order valence-corrected chi connectivity index (χ0v) is 12.0. The van der Waals surface area contributed by atoms with Crippen LogP contribution in [0.25, 0.3) is 21.7 Å². The molecule has 4 nitrogen and oxygen atoms in total. The lowest BCUT2D eigenvalue weighted by Gasteiger charge is -2.12. The van der Waals surface area contributed by atoms with Crippen LogP contribution in [0.2, 0.25) is 0 Å². The van der Waals surface area contributed by atoms with Gasteiger partial charge in [0.05, 0.1) is 25.1 Å². The quantitative estimate of drug-likeness (QED) is 0.678. The van der Waals surface area contributed by atoms with Crippen molar-refractivity contribution in [2.24, 2.45) is 0 Å². The number of aryl methyl sites for hydroxylation is 2. The van der Waals surface area contributed by atoms with E-state index < -0.39 is 0 Å². The number of hydrogen-bond donors (Lipinski definition) is 0. The van der Waals surface area contributed by atoms with Gasteiger partial charge in [0.2, 0.25) is 0 Å². The van der Waals surface area contributed by atoms with E-state index >= 15 is 0 Å². The molecule has 4 heteroatoms. The van der Waals surface area contributed by atoms with E-state index in [4.69, 9.17) is 9.47 Å². The van der Waals surface area contributed by atoms with E-state index in [1.54, 1.807) is 20.3 Å². The number of nitrogens with zero attached hydrogens (tertiary/aromatic N) is 1. The van der Waals surface area contributed by atoms with Crippen molar-refractivity contribution in [1.82, 2.24) is 4.57 Å². The molecule has 3 aromatic rings. The van der Waals surface area contributed by atoms with E-state index in [-0.39, 0.29) is 5.56 Å². The van der Waals surface area contributed by atoms with Gasteiger partial charge in [0.15, 0.2) is 11.5 Å². The highest BCUT2D eigenvalue weighted by molar-refractivity contribution is 6.08. The largest absolute Gasteiger partial charge is 0.493 e. The fourth-order valence-corrected chi connectivity index (χ4v) is 3.30. The average Bonchev–Trinajstić information content (AvgIpc) is 2.96. The molecule has 1 aromatic heterocycles. The lowest BCUT2D eigenvalue weighted by Crippen LogP contribution is -2.18. The summed E-state index contributed by atoms with van der Waals surface area (Å²) in [5.41, 5.74) is 2.34. The highest BCUT2D eigenvalue weighted by atomic mass is 16.5. The summed E-state index contributed by atoms with van der Waals surface area (Å²) in [5, 5.41) is 2.70. The second-order valence-corrected chi connectivity index (χ2v) is 5.27. The van der Waals surface area contributed by atoms with Crippen LogP contribution in [0.15, 0.2) is 35.1 Å². The Morgan fingerprint density at radius 1 is 1.00 bits per heavy atom. The van der Waals surface area contributed by atoms with Crippen molar-refractivity contribution in [3.63, 3.8) is 0 Å². The van der Waals surface area contributed by atoms with Crippen molar-refractivity contribution in [2.75, 3.05) is 14.2 Å². The van der Waals surface area contributed by atoms with Crippen LogP contribution in [0.1, 0.15) is 5.56 Å². The van der Waals surface area contributed by atoms with Crippen LogP contribution in [-0.2, 0) is 13.0 Å². The van der Waals surface area contributed by atoms with Gasteiger partial charge < -0.3 is 14.0 Å². The smallest absolute Gasteiger partial charge is 0.259 e. The first-order valence-corrected chi connectivity index (χ1v) is 6.94. The third-order valence-electron chi connectivity index (χ3n) is 4.28. The van der Waals surface area contributed by atoms with E-state index in [2.05, 4.69) is 12.1 Å².